The minimum absolute atomic E-state index is 0.112. The first-order chi connectivity index (χ1) is 13.3. The fourth-order valence-corrected chi connectivity index (χ4v) is 2.78. The van der Waals surface area contributed by atoms with Crippen molar-refractivity contribution >= 4 is 17.5 Å². The third kappa shape index (κ3) is 7.06. The van der Waals surface area contributed by atoms with Crippen LogP contribution in [-0.2, 0) is 0 Å². The lowest BCUT2D eigenvalue weighted by Crippen LogP contribution is -2.40. The van der Waals surface area contributed by atoms with Crippen LogP contribution in [0.4, 0.5) is 5.69 Å². The lowest BCUT2D eigenvalue weighted by atomic mass is 10.1. The van der Waals surface area contributed by atoms with Crippen molar-refractivity contribution < 1.29 is 9.59 Å². The van der Waals surface area contributed by atoms with Crippen molar-refractivity contribution in [2.45, 2.75) is 39.2 Å². The molecule has 0 heterocycles. The van der Waals surface area contributed by atoms with E-state index in [9.17, 15) is 9.59 Å². The number of anilines is 1. The smallest absolute Gasteiger partial charge is 0.251 e. The van der Waals surface area contributed by atoms with Crippen molar-refractivity contribution in [2.24, 2.45) is 0 Å². The molecule has 0 aromatic heterocycles. The van der Waals surface area contributed by atoms with Crippen molar-refractivity contribution in [2.75, 3.05) is 25.0 Å². The zero-order valence-corrected chi connectivity index (χ0v) is 17.3. The maximum Gasteiger partial charge on any atom is 0.251 e. The second-order valence-electron chi connectivity index (χ2n) is 8.00. The maximum atomic E-state index is 12.3. The van der Waals surface area contributed by atoms with E-state index in [0.717, 1.165) is 19.4 Å². The Morgan fingerprint density at radius 2 is 1.43 bits per heavy atom. The van der Waals surface area contributed by atoms with E-state index in [1.807, 2.05) is 39.0 Å². The van der Waals surface area contributed by atoms with Crippen LogP contribution < -0.4 is 15.5 Å². The molecule has 0 aliphatic carbocycles. The van der Waals surface area contributed by atoms with Gasteiger partial charge in [-0.2, -0.15) is 0 Å². The molecule has 2 aromatic rings. The highest BCUT2D eigenvalue weighted by Crippen LogP contribution is 2.11. The van der Waals surface area contributed by atoms with Crippen LogP contribution in [0.1, 0.15) is 54.3 Å². The minimum Gasteiger partial charge on any atom is -0.375 e. The Bertz CT molecular complexity index is 765. The zero-order chi connectivity index (χ0) is 20.6. The lowest BCUT2D eigenvalue weighted by molar-refractivity contribution is 0.0915. The summed E-state index contributed by atoms with van der Waals surface area (Å²) in [7, 11) is 2.07. The lowest BCUT2D eigenvalue weighted by Gasteiger charge is -2.20. The van der Waals surface area contributed by atoms with Crippen LogP contribution in [0.15, 0.2) is 54.6 Å². The van der Waals surface area contributed by atoms with Gasteiger partial charge in [0.05, 0.1) is 0 Å². The normalized spacial score (nSPS) is 11.0. The molecule has 5 heteroatoms. The standard InChI is InChI=1S/C23H31N3O2/c1-23(2,3)25-22(28)19-14-12-18(13-15-19)21(27)24-16-8-9-17-26(4)20-10-6-5-7-11-20/h5-7,10-15H,8-9,16-17H2,1-4H3,(H,24,27)(H,25,28). The Labute approximate surface area is 168 Å². The zero-order valence-electron chi connectivity index (χ0n) is 17.3. The topological polar surface area (TPSA) is 61.4 Å². The molecule has 2 amide bonds. The molecule has 2 aromatic carbocycles. The fourth-order valence-electron chi connectivity index (χ4n) is 2.78. The number of benzene rings is 2. The summed E-state index contributed by atoms with van der Waals surface area (Å²) < 4.78 is 0. The number of hydrogen-bond donors (Lipinski definition) is 2. The summed E-state index contributed by atoms with van der Waals surface area (Å²) in [6.45, 7) is 7.38. The predicted molar refractivity (Wildman–Crippen MR) is 115 cm³/mol. The van der Waals surface area contributed by atoms with Gasteiger partial charge in [-0.3, -0.25) is 9.59 Å². The summed E-state index contributed by atoms with van der Waals surface area (Å²) in [4.78, 5) is 26.6. The van der Waals surface area contributed by atoms with Gasteiger partial charge in [0.2, 0.25) is 0 Å². The van der Waals surface area contributed by atoms with Crippen LogP contribution in [0.25, 0.3) is 0 Å². The van der Waals surface area contributed by atoms with E-state index in [4.69, 9.17) is 0 Å². The van der Waals surface area contributed by atoms with E-state index < -0.39 is 0 Å². The van der Waals surface area contributed by atoms with Crippen molar-refractivity contribution in [3.63, 3.8) is 0 Å². The van der Waals surface area contributed by atoms with E-state index in [0.29, 0.717) is 17.7 Å². The van der Waals surface area contributed by atoms with Gasteiger partial charge in [-0.05, 0) is 70.0 Å². The third-order valence-electron chi connectivity index (χ3n) is 4.30. The Balaban J connectivity index is 1.72. The van der Waals surface area contributed by atoms with Crippen LogP contribution in [0.5, 0.6) is 0 Å². The van der Waals surface area contributed by atoms with Gasteiger partial charge in [-0.15, -0.1) is 0 Å². The quantitative estimate of drug-likeness (QED) is 0.683. The second kappa shape index (κ2) is 9.93. The summed E-state index contributed by atoms with van der Waals surface area (Å²) in [5, 5.41) is 5.85. The van der Waals surface area contributed by atoms with Crippen LogP contribution >= 0.6 is 0 Å². The first-order valence-electron chi connectivity index (χ1n) is 9.73. The highest BCUT2D eigenvalue weighted by Gasteiger charge is 2.15. The van der Waals surface area contributed by atoms with E-state index in [2.05, 4.69) is 34.7 Å². The molecule has 0 saturated carbocycles. The number of nitrogens with zero attached hydrogens (tertiary/aromatic N) is 1. The van der Waals surface area contributed by atoms with Crippen LogP contribution in [0, 0.1) is 0 Å². The average Bonchev–Trinajstić information content (AvgIpc) is 2.67. The summed E-state index contributed by atoms with van der Waals surface area (Å²) in [6, 6.07) is 17.0. The molecule has 0 unspecified atom stereocenters. The summed E-state index contributed by atoms with van der Waals surface area (Å²) in [6.07, 6.45) is 1.91. The predicted octanol–water partition coefficient (Wildman–Crippen LogP) is 3.86. The van der Waals surface area contributed by atoms with E-state index in [1.54, 1.807) is 24.3 Å². The minimum atomic E-state index is -0.290. The van der Waals surface area contributed by atoms with Gasteiger partial charge in [-0.1, -0.05) is 18.2 Å². The van der Waals surface area contributed by atoms with Crippen molar-refractivity contribution in [3.8, 4) is 0 Å². The fraction of sp³-hybridized carbons (Fsp3) is 0.391. The molecule has 150 valence electrons. The number of unbranched alkanes of at least 4 members (excludes halogenated alkanes) is 1. The molecular formula is C23H31N3O2. The van der Waals surface area contributed by atoms with Crippen LogP contribution in [0.3, 0.4) is 0 Å². The Morgan fingerprint density at radius 1 is 0.857 bits per heavy atom. The molecule has 0 radical (unpaired) electrons. The summed E-state index contributed by atoms with van der Waals surface area (Å²) >= 11 is 0. The maximum absolute atomic E-state index is 12.3. The highest BCUT2D eigenvalue weighted by atomic mass is 16.2. The van der Waals surface area contributed by atoms with E-state index in [1.165, 1.54) is 5.69 Å². The number of carbonyl (C=O) groups is 2. The highest BCUT2D eigenvalue weighted by molar-refractivity contribution is 5.98. The molecule has 0 fully saturated rings. The first kappa shape index (κ1) is 21.5. The first-order valence-corrected chi connectivity index (χ1v) is 9.73. The van der Waals surface area contributed by atoms with E-state index >= 15 is 0 Å². The molecule has 0 atom stereocenters. The number of rotatable bonds is 8. The van der Waals surface area contributed by atoms with E-state index in [-0.39, 0.29) is 17.4 Å². The molecule has 0 aliphatic rings. The Hall–Kier alpha value is -2.82. The molecule has 28 heavy (non-hydrogen) atoms. The summed E-state index contributed by atoms with van der Waals surface area (Å²) in [5.41, 5.74) is 2.02. The van der Waals surface area contributed by atoms with Gasteiger partial charge in [0, 0.05) is 42.5 Å². The molecule has 2 N–H and O–H groups in total. The SMILES string of the molecule is CN(CCCCNC(=O)c1ccc(C(=O)NC(C)(C)C)cc1)c1ccccc1. The number of carbonyl (C=O) groups excluding carboxylic acids is 2. The average molecular weight is 382 g/mol. The number of para-hydroxylation sites is 1. The molecule has 2 rings (SSSR count). The van der Waals surface area contributed by atoms with Crippen LogP contribution in [-0.4, -0.2) is 37.5 Å². The molecule has 0 spiro atoms. The third-order valence-corrected chi connectivity index (χ3v) is 4.30. The Kier molecular flexibility index (Phi) is 7.61. The molecule has 5 nitrogen and oxygen atoms in total. The van der Waals surface area contributed by atoms with Gasteiger partial charge in [0.1, 0.15) is 0 Å². The summed E-state index contributed by atoms with van der Waals surface area (Å²) in [5.74, 6) is -0.249. The van der Waals surface area contributed by atoms with Crippen molar-refractivity contribution in [1.82, 2.24) is 10.6 Å². The molecule has 0 bridgehead atoms. The largest absolute Gasteiger partial charge is 0.375 e. The molecule has 0 aliphatic heterocycles. The van der Waals surface area contributed by atoms with Gasteiger partial charge in [-0.25, -0.2) is 0 Å². The van der Waals surface area contributed by atoms with Crippen molar-refractivity contribution in [3.05, 3.63) is 65.7 Å². The van der Waals surface area contributed by atoms with Gasteiger partial charge < -0.3 is 15.5 Å². The van der Waals surface area contributed by atoms with Gasteiger partial charge in [0.15, 0.2) is 0 Å². The van der Waals surface area contributed by atoms with Crippen LogP contribution in [0.2, 0.25) is 0 Å². The van der Waals surface area contributed by atoms with Gasteiger partial charge in [0.25, 0.3) is 11.8 Å². The number of nitrogens with one attached hydrogen (secondary N) is 2. The van der Waals surface area contributed by atoms with Crippen molar-refractivity contribution in [1.29, 1.82) is 0 Å². The van der Waals surface area contributed by atoms with Gasteiger partial charge >= 0.3 is 0 Å². The second-order valence-corrected chi connectivity index (χ2v) is 8.00. The monoisotopic (exact) mass is 381 g/mol. The molecular weight excluding hydrogens is 350 g/mol. The molecule has 0 saturated heterocycles. The Morgan fingerprint density at radius 3 is 2.00 bits per heavy atom. The number of hydrogen-bond acceptors (Lipinski definition) is 3. The number of amides is 2.